The number of nitrogens with one attached hydrogen (secondary N) is 2. The summed E-state index contributed by atoms with van der Waals surface area (Å²) in [6.07, 6.45) is -1.12. The van der Waals surface area contributed by atoms with Crippen LogP contribution in [0.5, 0.6) is 6.01 Å². The van der Waals surface area contributed by atoms with Crippen LogP contribution in [0.1, 0.15) is 39.5 Å². The van der Waals surface area contributed by atoms with Crippen LogP contribution in [-0.2, 0) is 22.8 Å². The first-order chi connectivity index (χ1) is 22.4. The Morgan fingerprint density at radius 1 is 1.09 bits per heavy atom. The third-order valence-electron chi connectivity index (χ3n) is 7.71. The summed E-state index contributed by atoms with van der Waals surface area (Å²) < 4.78 is 47.0. The molecule has 0 bridgehead atoms. The van der Waals surface area contributed by atoms with Crippen molar-refractivity contribution in [3.63, 3.8) is 0 Å². The standard InChI is InChI=1S/C28H30ClF3N8O4.CH2O2/c1-38-21(19-14-35-27(44-2)37-22(19)28(30,31)32)15-34-23(38)24(41)36-17-3-4-18(20(29)13-17)26(43)40-11-9-39(10-12-40)25(42)16-5-7-33-8-6-16;2-1-3/h3-4,13-16,33H,5-12H2,1-2H3,(H,36,41);1H,(H,2,3). The van der Waals surface area contributed by atoms with Crippen LogP contribution in [0.25, 0.3) is 11.3 Å². The molecule has 0 unspecified atom stereocenters. The van der Waals surface area contributed by atoms with Crippen LogP contribution in [-0.4, -0.2) is 105 Å². The zero-order chi connectivity index (χ0) is 34.3. The zero-order valence-electron chi connectivity index (χ0n) is 25.4. The molecule has 0 radical (unpaired) electrons. The number of piperidine rings is 1. The van der Waals surface area contributed by atoms with E-state index in [1.54, 1.807) is 4.90 Å². The highest BCUT2D eigenvalue weighted by molar-refractivity contribution is 6.34. The van der Waals surface area contributed by atoms with Gasteiger partial charge in [0.1, 0.15) is 0 Å². The molecule has 1 aromatic carbocycles. The Bertz CT molecular complexity index is 1620. The molecular formula is C29H32ClF3N8O6. The molecule has 0 aliphatic carbocycles. The van der Waals surface area contributed by atoms with E-state index >= 15 is 0 Å². The number of imidazole rings is 1. The lowest BCUT2D eigenvalue weighted by Gasteiger charge is -2.37. The predicted molar refractivity (Wildman–Crippen MR) is 162 cm³/mol. The van der Waals surface area contributed by atoms with Crippen LogP contribution in [0.4, 0.5) is 18.9 Å². The lowest BCUT2D eigenvalue weighted by atomic mass is 9.96. The lowest BCUT2D eigenvalue weighted by Crippen LogP contribution is -2.52. The van der Waals surface area contributed by atoms with Gasteiger partial charge in [-0.25, -0.2) is 9.97 Å². The summed E-state index contributed by atoms with van der Waals surface area (Å²) in [5.41, 5.74) is -1.17. The molecule has 3 aromatic rings. The summed E-state index contributed by atoms with van der Waals surface area (Å²) in [5.74, 6) is -1.04. The summed E-state index contributed by atoms with van der Waals surface area (Å²) >= 11 is 6.43. The molecule has 5 rings (SSSR count). The number of methoxy groups -OCH3 is 1. The van der Waals surface area contributed by atoms with Gasteiger partial charge in [0.15, 0.2) is 11.5 Å². The maximum atomic E-state index is 13.7. The van der Waals surface area contributed by atoms with E-state index in [1.807, 2.05) is 4.90 Å². The average Bonchev–Trinajstić information content (AvgIpc) is 3.45. The van der Waals surface area contributed by atoms with E-state index in [9.17, 15) is 27.6 Å². The van der Waals surface area contributed by atoms with Gasteiger partial charge in [-0.3, -0.25) is 19.2 Å². The Labute approximate surface area is 271 Å². The Kier molecular flexibility index (Phi) is 11.4. The number of amides is 3. The fourth-order valence-electron chi connectivity index (χ4n) is 5.32. The second kappa shape index (κ2) is 15.2. The lowest BCUT2D eigenvalue weighted by molar-refractivity contribution is -0.141. The normalized spacial score (nSPS) is 15.4. The summed E-state index contributed by atoms with van der Waals surface area (Å²) in [6, 6.07) is 3.94. The second-order valence-corrected chi connectivity index (χ2v) is 10.9. The van der Waals surface area contributed by atoms with Crippen LogP contribution in [0.15, 0.2) is 30.6 Å². The minimum absolute atomic E-state index is 0.0156. The van der Waals surface area contributed by atoms with Crippen LogP contribution in [0.2, 0.25) is 5.02 Å². The number of nitrogens with zero attached hydrogens (tertiary/aromatic N) is 6. The number of piperazine rings is 1. The van der Waals surface area contributed by atoms with Crippen LogP contribution < -0.4 is 15.4 Å². The highest BCUT2D eigenvalue weighted by Gasteiger charge is 2.38. The minimum Gasteiger partial charge on any atom is -0.483 e. The van der Waals surface area contributed by atoms with Crippen molar-refractivity contribution in [1.82, 2.24) is 34.6 Å². The molecule has 2 aromatic heterocycles. The Morgan fingerprint density at radius 2 is 1.72 bits per heavy atom. The number of hydrogen-bond donors (Lipinski definition) is 3. The summed E-state index contributed by atoms with van der Waals surface area (Å²) in [4.78, 5) is 62.1. The highest BCUT2D eigenvalue weighted by atomic mass is 35.5. The van der Waals surface area contributed by atoms with Crippen molar-refractivity contribution in [2.45, 2.75) is 19.0 Å². The Morgan fingerprint density at radius 3 is 2.32 bits per heavy atom. The number of hydrogen-bond acceptors (Lipinski definition) is 9. The summed E-state index contributed by atoms with van der Waals surface area (Å²) in [7, 11) is 2.54. The fourth-order valence-corrected chi connectivity index (χ4v) is 5.58. The molecule has 0 atom stereocenters. The van der Waals surface area contributed by atoms with Crippen LogP contribution in [0.3, 0.4) is 0 Å². The number of benzene rings is 1. The number of rotatable bonds is 6. The van der Waals surface area contributed by atoms with Gasteiger partial charge < -0.3 is 34.8 Å². The topological polar surface area (TPSA) is 172 Å². The van der Waals surface area contributed by atoms with Crippen LogP contribution in [0, 0.1) is 5.92 Å². The van der Waals surface area contributed by atoms with Gasteiger partial charge in [-0.15, -0.1) is 0 Å². The number of ether oxygens (including phenoxy) is 1. The third-order valence-corrected chi connectivity index (χ3v) is 8.02. The number of anilines is 1. The summed E-state index contributed by atoms with van der Waals surface area (Å²) in [5, 5.41) is 12.9. The molecule has 0 spiro atoms. The fraction of sp³-hybridized carbons (Fsp3) is 0.414. The number of carboxylic acid groups (broad SMARTS) is 1. The number of carbonyl (C=O) groups excluding carboxylic acids is 3. The number of halogens is 4. The minimum atomic E-state index is -4.81. The van der Waals surface area contributed by atoms with E-state index in [0.29, 0.717) is 26.2 Å². The monoisotopic (exact) mass is 680 g/mol. The molecule has 0 saturated carbocycles. The van der Waals surface area contributed by atoms with Crippen molar-refractivity contribution < 1.29 is 42.2 Å². The van der Waals surface area contributed by atoms with E-state index in [2.05, 4.69) is 25.6 Å². The predicted octanol–water partition coefficient (Wildman–Crippen LogP) is 2.80. The van der Waals surface area contributed by atoms with Crippen molar-refractivity contribution in [3.05, 3.63) is 52.7 Å². The zero-order valence-corrected chi connectivity index (χ0v) is 26.1. The average molecular weight is 681 g/mol. The first-order valence-corrected chi connectivity index (χ1v) is 14.7. The van der Waals surface area contributed by atoms with Crippen molar-refractivity contribution in [1.29, 1.82) is 0 Å². The van der Waals surface area contributed by atoms with E-state index in [4.69, 9.17) is 26.2 Å². The molecule has 2 aliphatic heterocycles. The molecule has 3 amide bonds. The SMILES string of the molecule is COc1ncc(-c2cnc(C(=O)Nc3ccc(C(=O)N4CCN(C(=O)C5CCNCC5)CC4)c(Cl)c3)n2C)c(C(F)(F)F)n1.O=CO. The maximum absolute atomic E-state index is 13.7. The molecule has 2 aliphatic rings. The van der Waals surface area contributed by atoms with E-state index < -0.39 is 23.8 Å². The molecule has 3 N–H and O–H groups in total. The van der Waals surface area contributed by atoms with Gasteiger partial charge in [0, 0.05) is 56.6 Å². The van der Waals surface area contributed by atoms with Gasteiger partial charge in [0.2, 0.25) is 5.91 Å². The summed E-state index contributed by atoms with van der Waals surface area (Å²) in [6.45, 7) is 3.04. The maximum Gasteiger partial charge on any atom is 0.434 e. The molecule has 2 saturated heterocycles. The number of carbonyl (C=O) groups is 4. The Hall–Kier alpha value is -4.77. The first-order valence-electron chi connectivity index (χ1n) is 14.4. The van der Waals surface area contributed by atoms with Gasteiger partial charge in [-0.05, 0) is 44.1 Å². The first kappa shape index (κ1) is 35.1. The molecular weight excluding hydrogens is 649 g/mol. The third kappa shape index (κ3) is 8.15. The van der Waals surface area contributed by atoms with Gasteiger partial charge >= 0.3 is 12.2 Å². The largest absolute Gasteiger partial charge is 0.483 e. The molecule has 252 valence electrons. The smallest absolute Gasteiger partial charge is 0.434 e. The molecule has 18 heteroatoms. The van der Waals surface area contributed by atoms with Gasteiger partial charge in [0.25, 0.3) is 18.3 Å². The molecule has 4 heterocycles. The number of aromatic nitrogens is 4. The number of alkyl halides is 3. The van der Waals surface area contributed by atoms with Crippen molar-refractivity contribution in [3.8, 4) is 17.3 Å². The molecule has 2 fully saturated rings. The van der Waals surface area contributed by atoms with Crippen LogP contribution >= 0.6 is 11.6 Å². The van der Waals surface area contributed by atoms with Crippen molar-refractivity contribution >= 4 is 41.5 Å². The van der Waals surface area contributed by atoms with E-state index in [-0.39, 0.29) is 57.6 Å². The van der Waals surface area contributed by atoms with Gasteiger partial charge in [-0.2, -0.15) is 18.2 Å². The van der Waals surface area contributed by atoms with Gasteiger partial charge in [-0.1, -0.05) is 11.6 Å². The molecule has 47 heavy (non-hydrogen) atoms. The van der Waals surface area contributed by atoms with Crippen molar-refractivity contribution in [2.75, 3.05) is 51.7 Å². The van der Waals surface area contributed by atoms with Crippen molar-refractivity contribution in [2.24, 2.45) is 13.0 Å². The van der Waals surface area contributed by atoms with E-state index in [1.165, 1.54) is 29.8 Å². The molecule has 14 nitrogen and oxygen atoms in total. The quantitative estimate of drug-likeness (QED) is 0.329. The second-order valence-electron chi connectivity index (χ2n) is 10.5. The van der Waals surface area contributed by atoms with E-state index in [0.717, 1.165) is 45.4 Å². The highest BCUT2D eigenvalue weighted by Crippen LogP contribution is 2.36. The Balaban J connectivity index is 0.00000160. The van der Waals surface area contributed by atoms with Gasteiger partial charge in [0.05, 0.1) is 29.6 Å².